The average molecular weight is 405 g/mol. The van der Waals surface area contributed by atoms with Crippen molar-refractivity contribution in [3.05, 3.63) is 64.4 Å². The van der Waals surface area contributed by atoms with E-state index in [1.54, 1.807) is 26.0 Å². The quantitative estimate of drug-likeness (QED) is 0.422. The Morgan fingerprint density at radius 1 is 1.12 bits per heavy atom. The zero-order chi connectivity index (χ0) is 19.1. The van der Waals surface area contributed by atoms with Crippen molar-refractivity contribution >= 4 is 29.2 Å². The van der Waals surface area contributed by atoms with Crippen molar-refractivity contribution in [3.8, 4) is 11.5 Å². The van der Waals surface area contributed by atoms with Crippen LogP contribution >= 0.6 is 23.6 Å². The average Bonchev–Trinajstić information content (AvgIpc) is 2.51. The molecule has 0 aliphatic carbocycles. The molecule has 0 saturated carbocycles. The predicted octanol–water partition coefficient (Wildman–Crippen LogP) is 6.63. The van der Waals surface area contributed by atoms with Crippen LogP contribution in [0, 0.1) is 5.82 Å². The predicted molar refractivity (Wildman–Crippen MR) is 93.9 cm³/mol. The Kier molecular flexibility index (Phi) is 4.88. The molecule has 0 aromatic heterocycles. The zero-order valence-electron chi connectivity index (χ0n) is 13.7. The highest BCUT2D eigenvalue weighted by Gasteiger charge is 2.33. The maximum atomic E-state index is 13.2. The van der Waals surface area contributed by atoms with Gasteiger partial charge in [0, 0.05) is 17.7 Å². The van der Waals surface area contributed by atoms with Gasteiger partial charge < -0.3 is 8.92 Å². The molecule has 3 rings (SSSR count). The van der Waals surface area contributed by atoms with E-state index in [2.05, 4.69) is 0 Å². The van der Waals surface area contributed by atoms with Crippen molar-refractivity contribution in [1.29, 1.82) is 0 Å². The Morgan fingerprint density at radius 3 is 2.38 bits per heavy atom. The van der Waals surface area contributed by atoms with Gasteiger partial charge in [0.1, 0.15) is 22.9 Å². The van der Waals surface area contributed by atoms with Gasteiger partial charge in [-0.1, -0.05) is 23.7 Å². The SMILES string of the molecule is CC1(C)C=C(c2ccc(F)cc2)c2c(Cl)cc(OSC(F)(F)F)cc2O1. The minimum atomic E-state index is -4.54. The summed E-state index contributed by atoms with van der Waals surface area (Å²) < 4.78 is 60.8. The van der Waals surface area contributed by atoms with Crippen LogP contribution in [0.25, 0.3) is 5.57 Å². The first-order valence-electron chi connectivity index (χ1n) is 7.48. The van der Waals surface area contributed by atoms with Gasteiger partial charge in [-0.15, -0.1) is 0 Å². The van der Waals surface area contributed by atoms with E-state index in [9.17, 15) is 17.6 Å². The van der Waals surface area contributed by atoms with Gasteiger partial charge in [0.15, 0.2) is 12.0 Å². The van der Waals surface area contributed by atoms with Crippen molar-refractivity contribution < 1.29 is 26.5 Å². The molecule has 0 amide bonds. The van der Waals surface area contributed by atoms with E-state index in [0.717, 1.165) is 0 Å². The van der Waals surface area contributed by atoms with E-state index < -0.39 is 23.2 Å². The van der Waals surface area contributed by atoms with Crippen molar-refractivity contribution in [2.24, 2.45) is 0 Å². The van der Waals surface area contributed by atoms with Crippen molar-refractivity contribution in [1.82, 2.24) is 0 Å². The number of hydrogen-bond acceptors (Lipinski definition) is 3. The molecule has 1 heterocycles. The number of hydrogen-bond donors (Lipinski definition) is 0. The first-order valence-corrected chi connectivity index (χ1v) is 8.60. The fourth-order valence-electron chi connectivity index (χ4n) is 2.63. The fraction of sp³-hybridized carbons (Fsp3) is 0.222. The van der Waals surface area contributed by atoms with Crippen LogP contribution < -0.4 is 8.92 Å². The molecule has 2 aromatic rings. The number of benzene rings is 2. The maximum Gasteiger partial charge on any atom is 0.479 e. The van der Waals surface area contributed by atoms with Gasteiger partial charge in [0.2, 0.25) is 0 Å². The zero-order valence-corrected chi connectivity index (χ0v) is 15.2. The van der Waals surface area contributed by atoms with Crippen LogP contribution in [0.2, 0.25) is 5.02 Å². The van der Waals surface area contributed by atoms with Gasteiger partial charge in [-0.05, 0) is 43.2 Å². The van der Waals surface area contributed by atoms with Gasteiger partial charge in [-0.25, -0.2) is 4.39 Å². The summed E-state index contributed by atoms with van der Waals surface area (Å²) in [5.41, 5.74) is -3.35. The molecule has 1 aliphatic heterocycles. The lowest BCUT2D eigenvalue weighted by Gasteiger charge is -2.32. The number of halogens is 5. The van der Waals surface area contributed by atoms with Crippen LogP contribution in [0.4, 0.5) is 17.6 Å². The molecule has 0 bridgehead atoms. The monoisotopic (exact) mass is 404 g/mol. The molecular weight excluding hydrogens is 392 g/mol. The minimum Gasteiger partial charge on any atom is -0.483 e. The first-order chi connectivity index (χ1) is 12.0. The number of ether oxygens (including phenoxy) is 1. The lowest BCUT2D eigenvalue weighted by atomic mass is 9.90. The normalized spacial score (nSPS) is 15.7. The molecule has 0 N–H and O–H groups in total. The van der Waals surface area contributed by atoms with Gasteiger partial charge in [0.25, 0.3) is 0 Å². The summed E-state index contributed by atoms with van der Waals surface area (Å²) in [6.07, 6.45) is 1.83. The van der Waals surface area contributed by atoms with E-state index in [4.69, 9.17) is 20.5 Å². The summed E-state index contributed by atoms with van der Waals surface area (Å²) in [7, 11) is 0. The Bertz CT molecular complexity index is 861. The molecule has 0 unspecified atom stereocenters. The maximum absolute atomic E-state index is 13.2. The highest BCUT2D eigenvalue weighted by molar-refractivity contribution is 7.95. The summed E-state index contributed by atoms with van der Waals surface area (Å²) >= 11 is 5.68. The first kappa shape index (κ1) is 18.9. The van der Waals surface area contributed by atoms with Gasteiger partial charge >= 0.3 is 5.51 Å². The lowest BCUT2D eigenvalue weighted by Crippen LogP contribution is -2.29. The molecule has 8 heteroatoms. The molecule has 0 saturated heterocycles. The van der Waals surface area contributed by atoms with Gasteiger partial charge in [0.05, 0.1) is 5.02 Å². The highest BCUT2D eigenvalue weighted by Crippen LogP contribution is 2.46. The summed E-state index contributed by atoms with van der Waals surface area (Å²) in [5, 5.41) is 0.173. The summed E-state index contributed by atoms with van der Waals surface area (Å²) in [5.74, 6) is -0.158. The van der Waals surface area contributed by atoms with Gasteiger partial charge in [-0.3, -0.25) is 0 Å². The molecule has 0 radical (unpaired) electrons. The second-order valence-corrected chi connectivity index (χ2v) is 7.36. The number of fused-ring (bicyclic) bond motifs is 1. The number of alkyl halides is 3. The summed E-state index contributed by atoms with van der Waals surface area (Å²) in [4.78, 5) is 0. The van der Waals surface area contributed by atoms with Crippen LogP contribution in [-0.2, 0) is 0 Å². The molecule has 0 atom stereocenters. The molecular formula is C18H13ClF4O2S. The molecule has 0 fully saturated rings. The van der Waals surface area contributed by atoms with Crippen LogP contribution in [0.1, 0.15) is 25.0 Å². The third-order valence-electron chi connectivity index (χ3n) is 3.55. The molecule has 26 heavy (non-hydrogen) atoms. The second kappa shape index (κ2) is 6.70. The van der Waals surface area contributed by atoms with Crippen molar-refractivity contribution in [3.63, 3.8) is 0 Å². The molecule has 1 aliphatic rings. The smallest absolute Gasteiger partial charge is 0.479 e. The Hall–Kier alpha value is -1.86. The Morgan fingerprint density at radius 2 is 1.77 bits per heavy atom. The Labute approximate surface area is 157 Å². The van der Waals surface area contributed by atoms with Crippen molar-refractivity contribution in [2.75, 3.05) is 0 Å². The van der Waals surface area contributed by atoms with E-state index in [-0.39, 0.29) is 16.6 Å². The lowest BCUT2D eigenvalue weighted by molar-refractivity contribution is -0.0369. The summed E-state index contributed by atoms with van der Waals surface area (Å²) in [6, 6.07) is 8.50. The summed E-state index contributed by atoms with van der Waals surface area (Å²) in [6.45, 7) is 3.59. The molecule has 0 spiro atoms. The topological polar surface area (TPSA) is 18.5 Å². The van der Waals surface area contributed by atoms with Crippen LogP contribution in [-0.4, -0.2) is 11.1 Å². The van der Waals surface area contributed by atoms with Crippen molar-refractivity contribution in [2.45, 2.75) is 25.0 Å². The molecule has 2 nitrogen and oxygen atoms in total. The molecule has 2 aromatic carbocycles. The Balaban J connectivity index is 2.05. The second-order valence-electron chi connectivity index (χ2n) is 6.16. The minimum absolute atomic E-state index is 0.0766. The van der Waals surface area contributed by atoms with E-state index in [0.29, 0.717) is 22.4 Å². The van der Waals surface area contributed by atoms with Crippen LogP contribution in [0.5, 0.6) is 11.5 Å². The highest BCUT2D eigenvalue weighted by atomic mass is 35.5. The van der Waals surface area contributed by atoms with E-state index in [1.165, 1.54) is 24.3 Å². The van der Waals surface area contributed by atoms with Gasteiger partial charge in [-0.2, -0.15) is 13.2 Å². The standard InChI is InChI=1S/C18H13ClF4O2S/c1-17(2)9-13(10-3-5-11(20)6-4-10)16-14(19)7-12(8-15(16)24-17)25-26-18(21,22)23/h3-9H,1-2H3. The van der Waals surface area contributed by atoms with Crippen LogP contribution in [0.15, 0.2) is 42.5 Å². The van der Waals surface area contributed by atoms with E-state index in [1.807, 2.05) is 6.08 Å². The largest absolute Gasteiger partial charge is 0.483 e. The molecule has 138 valence electrons. The van der Waals surface area contributed by atoms with E-state index >= 15 is 0 Å². The third kappa shape index (κ3) is 4.27. The fourth-order valence-corrected chi connectivity index (χ4v) is 3.22. The van der Waals surface area contributed by atoms with Crippen LogP contribution in [0.3, 0.4) is 0 Å². The number of rotatable bonds is 3. The third-order valence-corrected chi connectivity index (χ3v) is 4.31.